The second-order valence-corrected chi connectivity index (χ2v) is 11.0. The fourth-order valence-corrected chi connectivity index (χ4v) is 6.57. The van der Waals surface area contributed by atoms with Gasteiger partial charge >= 0.3 is 0 Å². The van der Waals surface area contributed by atoms with E-state index in [4.69, 9.17) is 18.9 Å². The lowest BCUT2D eigenvalue weighted by Gasteiger charge is -2.17. The summed E-state index contributed by atoms with van der Waals surface area (Å²) in [5.74, 6) is 3.16. The molecule has 0 amide bonds. The number of pyridine rings is 2. The van der Waals surface area contributed by atoms with E-state index in [0.29, 0.717) is 0 Å². The average molecular weight is 607 g/mol. The molecule has 8 nitrogen and oxygen atoms in total. The van der Waals surface area contributed by atoms with Crippen molar-refractivity contribution in [3.05, 3.63) is 110 Å². The number of fused-ring (bicyclic) bond motifs is 6. The topological polar surface area (TPSA) is 72.6 Å². The summed E-state index contributed by atoms with van der Waals surface area (Å²) >= 11 is 0. The molecule has 8 heteroatoms. The zero-order valence-electron chi connectivity index (χ0n) is 25.8. The standard InChI is InChI=1S/C38H30N4O4/c1-43-23-5-9-33-27(17-23)28-18-24(44-2)6-10-34(28)41(33)37-13-15-39-21-31(37)32-22-40-16-14-38(32)42-35-11-7-25(45-3)19-29(35)30-20-26(46-4)8-12-36(30)42/h5-22H,1-4H3. The maximum Gasteiger partial charge on any atom is 0.119 e. The van der Waals surface area contributed by atoms with Gasteiger partial charge in [0.05, 0.1) is 61.9 Å². The molecule has 0 unspecified atom stereocenters. The molecule has 0 spiro atoms. The van der Waals surface area contributed by atoms with Crippen molar-refractivity contribution in [2.75, 3.05) is 28.4 Å². The number of nitrogens with zero attached hydrogens (tertiary/aromatic N) is 4. The highest BCUT2D eigenvalue weighted by molar-refractivity contribution is 6.12. The number of aromatic nitrogens is 4. The third-order valence-electron chi connectivity index (χ3n) is 8.73. The van der Waals surface area contributed by atoms with Crippen molar-refractivity contribution in [2.24, 2.45) is 0 Å². The van der Waals surface area contributed by atoms with Crippen LogP contribution in [0.5, 0.6) is 23.0 Å². The van der Waals surface area contributed by atoms with E-state index in [1.807, 2.05) is 49.1 Å². The van der Waals surface area contributed by atoms with Crippen molar-refractivity contribution in [1.82, 2.24) is 19.1 Å². The quantitative estimate of drug-likeness (QED) is 0.182. The lowest BCUT2D eigenvalue weighted by molar-refractivity contribution is 0.415. The highest BCUT2D eigenvalue weighted by atomic mass is 16.5. The number of methoxy groups -OCH3 is 4. The molecule has 8 rings (SSSR count). The molecule has 4 aromatic heterocycles. The van der Waals surface area contributed by atoms with Crippen LogP contribution in [0.25, 0.3) is 66.1 Å². The van der Waals surface area contributed by atoms with E-state index in [-0.39, 0.29) is 0 Å². The maximum atomic E-state index is 5.61. The Balaban J connectivity index is 1.43. The third kappa shape index (κ3) is 4.14. The molecule has 226 valence electrons. The first-order chi connectivity index (χ1) is 22.6. The van der Waals surface area contributed by atoms with E-state index < -0.39 is 0 Å². The van der Waals surface area contributed by atoms with E-state index in [2.05, 4.69) is 79.8 Å². The van der Waals surface area contributed by atoms with E-state index >= 15 is 0 Å². The molecule has 0 N–H and O–H groups in total. The third-order valence-corrected chi connectivity index (χ3v) is 8.73. The van der Waals surface area contributed by atoms with Crippen LogP contribution < -0.4 is 18.9 Å². The van der Waals surface area contributed by atoms with E-state index in [1.165, 1.54) is 0 Å². The van der Waals surface area contributed by atoms with Gasteiger partial charge in [0.25, 0.3) is 0 Å². The summed E-state index contributed by atoms with van der Waals surface area (Å²) in [5, 5.41) is 4.25. The van der Waals surface area contributed by atoms with Gasteiger partial charge in [0.15, 0.2) is 0 Å². The lowest BCUT2D eigenvalue weighted by Crippen LogP contribution is -2.02. The number of hydrogen-bond donors (Lipinski definition) is 0. The van der Waals surface area contributed by atoms with E-state index in [0.717, 1.165) is 89.1 Å². The summed E-state index contributed by atoms with van der Waals surface area (Å²) in [5.41, 5.74) is 7.99. The van der Waals surface area contributed by atoms with Gasteiger partial charge < -0.3 is 28.1 Å². The predicted octanol–water partition coefficient (Wildman–Crippen LogP) is 8.37. The Morgan fingerprint density at radius 2 is 0.717 bits per heavy atom. The molecule has 4 heterocycles. The molecular weight excluding hydrogens is 576 g/mol. The molecule has 0 bridgehead atoms. The van der Waals surface area contributed by atoms with Crippen molar-refractivity contribution < 1.29 is 18.9 Å². The fraction of sp³-hybridized carbons (Fsp3) is 0.105. The molecule has 0 atom stereocenters. The molecule has 0 saturated heterocycles. The molecule has 4 aromatic carbocycles. The number of hydrogen-bond acceptors (Lipinski definition) is 6. The summed E-state index contributed by atoms with van der Waals surface area (Å²) in [6.45, 7) is 0. The van der Waals surface area contributed by atoms with Gasteiger partial charge in [-0.15, -0.1) is 0 Å². The smallest absolute Gasteiger partial charge is 0.119 e. The molecule has 46 heavy (non-hydrogen) atoms. The zero-order chi connectivity index (χ0) is 31.4. The number of benzene rings is 4. The normalized spacial score (nSPS) is 11.5. The van der Waals surface area contributed by atoms with Crippen LogP contribution in [0.4, 0.5) is 0 Å². The van der Waals surface area contributed by atoms with Crippen LogP contribution in [0.2, 0.25) is 0 Å². The molecule has 0 aliphatic rings. The number of ether oxygens (including phenoxy) is 4. The molecule has 8 aromatic rings. The van der Waals surface area contributed by atoms with Crippen molar-refractivity contribution >= 4 is 43.6 Å². The molecule has 0 saturated carbocycles. The summed E-state index contributed by atoms with van der Waals surface area (Å²) in [6.07, 6.45) is 7.50. The average Bonchev–Trinajstić information content (AvgIpc) is 3.62. The van der Waals surface area contributed by atoms with Gasteiger partial charge in [0, 0.05) is 57.5 Å². The van der Waals surface area contributed by atoms with E-state index in [1.54, 1.807) is 28.4 Å². The Hall–Kier alpha value is -6.02. The Labute approximate surface area is 265 Å². The SMILES string of the molecule is COc1ccc2c(c1)c1cc(OC)ccc1n2-c1ccncc1-c1cnccc1-n1c2ccc(OC)cc2c2cc(OC)ccc21. The summed E-state index contributed by atoms with van der Waals surface area (Å²) < 4.78 is 27.0. The van der Waals surface area contributed by atoms with Gasteiger partial charge in [-0.1, -0.05) is 0 Å². The highest BCUT2D eigenvalue weighted by Crippen LogP contribution is 2.42. The van der Waals surface area contributed by atoms with E-state index in [9.17, 15) is 0 Å². The van der Waals surface area contributed by atoms with Gasteiger partial charge in [0.2, 0.25) is 0 Å². The molecule has 0 fully saturated rings. The molecule has 0 aliphatic heterocycles. The first kappa shape index (κ1) is 27.5. The minimum atomic E-state index is 0.790. The van der Waals surface area contributed by atoms with Crippen molar-refractivity contribution in [2.45, 2.75) is 0 Å². The second-order valence-electron chi connectivity index (χ2n) is 11.0. The van der Waals surface area contributed by atoms with Gasteiger partial charge in [-0.05, 0) is 84.9 Å². The van der Waals surface area contributed by atoms with Crippen LogP contribution in [0.15, 0.2) is 110 Å². The summed E-state index contributed by atoms with van der Waals surface area (Å²) in [7, 11) is 6.75. The van der Waals surface area contributed by atoms with Gasteiger partial charge in [0.1, 0.15) is 23.0 Å². The van der Waals surface area contributed by atoms with Gasteiger partial charge in [-0.2, -0.15) is 0 Å². The van der Waals surface area contributed by atoms with Crippen molar-refractivity contribution in [3.8, 4) is 45.5 Å². The van der Waals surface area contributed by atoms with Crippen LogP contribution in [0.1, 0.15) is 0 Å². The van der Waals surface area contributed by atoms with Gasteiger partial charge in [-0.25, -0.2) is 0 Å². The fourth-order valence-electron chi connectivity index (χ4n) is 6.57. The highest BCUT2D eigenvalue weighted by Gasteiger charge is 2.21. The Bertz CT molecular complexity index is 2150. The largest absolute Gasteiger partial charge is 0.497 e. The Morgan fingerprint density at radius 3 is 1.00 bits per heavy atom. The Kier molecular flexibility index (Phi) is 6.49. The minimum Gasteiger partial charge on any atom is -0.497 e. The maximum absolute atomic E-state index is 5.61. The van der Waals surface area contributed by atoms with Crippen molar-refractivity contribution in [3.63, 3.8) is 0 Å². The van der Waals surface area contributed by atoms with Crippen LogP contribution in [-0.2, 0) is 0 Å². The van der Waals surface area contributed by atoms with Crippen LogP contribution in [-0.4, -0.2) is 47.5 Å². The molecule has 0 aliphatic carbocycles. The van der Waals surface area contributed by atoms with Crippen LogP contribution >= 0.6 is 0 Å². The van der Waals surface area contributed by atoms with Gasteiger partial charge in [-0.3, -0.25) is 9.97 Å². The summed E-state index contributed by atoms with van der Waals surface area (Å²) in [4.78, 5) is 9.23. The molecule has 0 radical (unpaired) electrons. The minimum absolute atomic E-state index is 0.790. The predicted molar refractivity (Wildman–Crippen MR) is 182 cm³/mol. The lowest BCUT2D eigenvalue weighted by atomic mass is 10.1. The van der Waals surface area contributed by atoms with Crippen LogP contribution in [0.3, 0.4) is 0 Å². The second kappa shape index (κ2) is 10.9. The Morgan fingerprint density at radius 1 is 0.413 bits per heavy atom. The number of rotatable bonds is 7. The zero-order valence-corrected chi connectivity index (χ0v) is 25.8. The summed E-state index contributed by atoms with van der Waals surface area (Å²) in [6, 6.07) is 28.8. The first-order valence-electron chi connectivity index (χ1n) is 14.8. The van der Waals surface area contributed by atoms with Crippen molar-refractivity contribution in [1.29, 1.82) is 0 Å². The van der Waals surface area contributed by atoms with Crippen LogP contribution in [0, 0.1) is 0 Å². The monoisotopic (exact) mass is 606 g/mol. The molecular formula is C38H30N4O4. The first-order valence-corrected chi connectivity index (χ1v) is 14.8.